The van der Waals surface area contributed by atoms with E-state index >= 15 is 0 Å². The first-order valence-electron chi connectivity index (χ1n) is 7.85. The maximum atomic E-state index is 4.84. The second-order valence-electron chi connectivity index (χ2n) is 5.74. The third-order valence-electron chi connectivity index (χ3n) is 4.51. The van der Waals surface area contributed by atoms with Gasteiger partial charge in [0.15, 0.2) is 0 Å². The van der Waals surface area contributed by atoms with Crippen LogP contribution in [0.1, 0.15) is 12.5 Å². The number of aromatic nitrogens is 3. The van der Waals surface area contributed by atoms with Crippen molar-refractivity contribution in [1.82, 2.24) is 14.4 Å². The summed E-state index contributed by atoms with van der Waals surface area (Å²) in [6, 6.07) is 19.9. The average Bonchev–Trinajstić information content (AvgIpc) is 3.01. The summed E-state index contributed by atoms with van der Waals surface area (Å²) >= 11 is 0. The van der Waals surface area contributed by atoms with E-state index in [9.17, 15) is 0 Å². The van der Waals surface area contributed by atoms with Gasteiger partial charge in [0, 0.05) is 25.6 Å². The number of fused-ring (bicyclic) bond motifs is 8. The zero-order valence-electron chi connectivity index (χ0n) is 13.1. The van der Waals surface area contributed by atoms with Gasteiger partial charge < -0.3 is 9.38 Å². The first-order valence-corrected chi connectivity index (χ1v) is 7.85. The molecular formula is C20H14IrN3-. The molecule has 0 saturated heterocycles. The van der Waals surface area contributed by atoms with Crippen LogP contribution in [0.25, 0.3) is 38.5 Å². The summed E-state index contributed by atoms with van der Waals surface area (Å²) in [6.07, 6.45) is 2.79. The van der Waals surface area contributed by atoms with Gasteiger partial charge in [-0.05, 0) is 41.1 Å². The van der Waals surface area contributed by atoms with E-state index in [-0.39, 0.29) is 20.1 Å². The van der Waals surface area contributed by atoms with Gasteiger partial charge in [0.2, 0.25) is 0 Å². The number of aryl methyl sites for hydroxylation is 1. The molecule has 0 aliphatic carbocycles. The monoisotopic (exact) mass is 489 g/mol. The molecule has 5 aromatic rings. The molecule has 0 aliphatic rings. The van der Waals surface area contributed by atoms with Crippen LogP contribution >= 0.6 is 0 Å². The minimum atomic E-state index is 0. The van der Waals surface area contributed by atoms with Crippen LogP contribution in [0.3, 0.4) is 0 Å². The van der Waals surface area contributed by atoms with Crippen LogP contribution in [0, 0.1) is 6.07 Å². The number of nitrogens with zero attached hydrogens (tertiary/aromatic N) is 3. The first kappa shape index (κ1) is 15.2. The van der Waals surface area contributed by atoms with Crippen LogP contribution in [0.15, 0.2) is 54.7 Å². The third-order valence-corrected chi connectivity index (χ3v) is 4.51. The molecule has 3 aromatic heterocycles. The summed E-state index contributed by atoms with van der Waals surface area (Å²) in [5, 5.41) is 2.19. The topological polar surface area (TPSA) is 30.2 Å². The Morgan fingerprint density at radius 1 is 1.04 bits per heavy atom. The SMILES string of the molecule is CCc1cccc2c1c1ncc[c-]c1c1nc3ccccc3n21.[Ir]. The van der Waals surface area contributed by atoms with Crippen molar-refractivity contribution in [3.63, 3.8) is 0 Å². The van der Waals surface area contributed by atoms with E-state index < -0.39 is 0 Å². The van der Waals surface area contributed by atoms with Crippen molar-refractivity contribution in [1.29, 1.82) is 0 Å². The molecule has 0 atom stereocenters. The van der Waals surface area contributed by atoms with Crippen molar-refractivity contribution in [3.8, 4) is 0 Å². The maximum absolute atomic E-state index is 4.84. The third kappa shape index (κ3) is 1.94. The smallest absolute Gasteiger partial charge is 0.0774 e. The Bertz CT molecular complexity index is 1210. The number of hydrogen-bond acceptors (Lipinski definition) is 2. The van der Waals surface area contributed by atoms with Crippen molar-refractivity contribution in [2.45, 2.75) is 13.3 Å². The van der Waals surface area contributed by atoms with Crippen molar-refractivity contribution in [2.24, 2.45) is 0 Å². The number of hydrogen-bond donors (Lipinski definition) is 0. The molecular weight excluding hydrogens is 474 g/mol. The van der Waals surface area contributed by atoms with E-state index in [1.165, 1.54) is 10.9 Å². The van der Waals surface area contributed by atoms with Gasteiger partial charge in [-0.25, -0.2) is 0 Å². The van der Waals surface area contributed by atoms with E-state index in [0.717, 1.165) is 39.5 Å². The van der Waals surface area contributed by atoms with Crippen LogP contribution in [0.5, 0.6) is 0 Å². The zero-order valence-corrected chi connectivity index (χ0v) is 15.5. The molecule has 0 spiro atoms. The fraction of sp³-hybridized carbons (Fsp3) is 0.100. The Balaban J connectivity index is 0.00000146. The molecule has 5 rings (SSSR count). The Hall–Kier alpha value is -2.29. The van der Waals surface area contributed by atoms with Gasteiger partial charge in [0.05, 0.1) is 16.7 Å². The van der Waals surface area contributed by atoms with Gasteiger partial charge >= 0.3 is 0 Å². The Kier molecular flexibility index (Phi) is 3.59. The van der Waals surface area contributed by atoms with Crippen LogP contribution in [-0.2, 0) is 26.5 Å². The van der Waals surface area contributed by atoms with Gasteiger partial charge in [-0.3, -0.25) is 4.98 Å². The number of rotatable bonds is 1. The molecule has 0 saturated carbocycles. The summed E-state index contributed by atoms with van der Waals surface area (Å²) in [4.78, 5) is 9.49. The van der Waals surface area contributed by atoms with Gasteiger partial charge in [-0.1, -0.05) is 42.8 Å². The van der Waals surface area contributed by atoms with E-state index in [1.807, 2.05) is 18.3 Å². The first-order chi connectivity index (χ1) is 11.4. The predicted octanol–water partition coefficient (Wildman–Crippen LogP) is 4.55. The maximum Gasteiger partial charge on any atom is 0.0774 e. The summed E-state index contributed by atoms with van der Waals surface area (Å²) in [5.41, 5.74) is 6.50. The molecule has 0 fully saturated rings. The molecule has 0 unspecified atom stereocenters. The Morgan fingerprint density at radius 3 is 2.75 bits per heavy atom. The summed E-state index contributed by atoms with van der Waals surface area (Å²) in [6.45, 7) is 2.18. The molecule has 0 bridgehead atoms. The Labute approximate surface area is 152 Å². The van der Waals surface area contributed by atoms with Crippen molar-refractivity contribution in [2.75, 3.05) is 0 Å². The molecule has 2 aromatic carbocycles. The predicted molar refractivity (Wildman–Crippen MR) is 93.7 cm³/mol. The number of para-hydroxylation sites is 2. The summed E-state index contributed by atoms with van der Waals surface area (Å²) in [5.74, 6) is 0. The average molecular weight is 489 g/mol. The standard InChI is InChI=1S/C20H14N3.Ir/c1-2-13-7-5-11-17-18(13)19-14(8-6-12-21-19)20-22-15-9-3-4-10-16(15)23(17)20;/h3-7,9-12H,2H2,1H3;/q-1;. The Morgan fingerprint density at radius 2 is 1.88 bits per heavy atom. The zero-order chi connectivity index (χ0) is 15.4. The normalized spacial score (nSPS) is 11.4. The summed E-state index contributed by atoms with van der Waals surface area (Å²) in [7, 11) is 0. The van der Waals surface area contributed by atoms with Crippen LogP contribution in [0.4, 0.5) is 0 Å². The molecule has 3 heterocycles. The van der Waals surface area contributed by atoms with Crippen LogP contribution < -0.4 is 0 Å². The molecule has 0 amide bonds. The van der Waals surface area contributed by atoms with Crippen molar-refractivity contribution < 1.29 is 20.1 Å². The van der Waals surface area contributed by atoms with Crippen LogP contribution in [0.2, 0.25) is 0 Å². The molecule has 4 heteroatoms. The van der Waals surface area contributed by atoms with E-state index in [4.69, 9.17) is 4.98 Å². The fourth-order valence-electron chi connectivity index (χ4n) is 3.50. The van der Waals surface area contributed by atoms with Gasteiger partial charge in [-0.15, -0.1) is 12.1 Å². The molecule has 0 aliphatic heterocycles. The van der Waals surface area contributed by atoms with Crippen LogP contribution in [-0.4, -0.2) is 14.4 Å². The quantitative estimate of drug-likeness (QED) is 0.256. The summed E-state index contributed by atoms with van der Waals surface area (Å²) < 4.78 is 2.24. The minimum Gasteiger partial charge on any atom is -0.351 e. The minimum absolute atomic E-state index is 0. The van der Waals surface area contributed by atoms with E-state index in [0.29, 0.717) is 0 Å². The molecule has 1 radical (unpaired) electrons. The molecule has 24 heavy (non-hydrogen) atoms. The van der Waals surface area contributed by atoms with E-state index in [2.05, 4.69) is 58.8 Å². The largest absolute Gasteiger partial charge is 0.351 e. The number of imidazole rings is 1. The van der Waals surface area contributed by atoms with E-state index in [1.54, 1.807) is 0 Å². The van der Waals surface area contributed by atoms with Crippen molar-refractivity contribution in [3.05, 3.63) is 66.4 Å². The fourth-order valence-corrected chi connectivity index (χ4v) is 3.50. The molecule has 0 N–H and O–H groups in total. The second-order valence-corrected chi connectivity index (χ2v) is 5.74. The number of benzene rings is 2. The second kappa shape index (κ2) is 5.66. The number of pyridine rings is 2. The van der Waals surface area contributed by atoms with Crippen molar-refractivity contribution >= 4 is 38.5 Å². The molecule has 119 valence electrons. The van der Waals surface area contributed by atoms with Gasteiger partial charge in [0.1, 0.15) is 0 Å². The van der Waals surface area contributed by atoms with Gasteiger partial charge in [0.25, 0.3) is 0 Å². The van der Waals surface area contributed by atoms with Gasteiger partial charge in [-0.2, -0.15) is 0 Å². The molecule has 3 nitrogen and oxygen atoms in total.